The van der Waals surface area contributed by atoms with Crippen molar-refractivity contribution in [3.63, 3.8) is 0 Å². The Morgan fingerprint density at radius 2 is 2.14 bits per heavy atom. The molecule has 1 saturated carbocycles. The van der Waals surface area contributed by atoms with Crippen molar-refractivity contribution in [3.8, 4) is 0 Å². The van der Waals surface area contributed by atoms with Crippen LogP contribution < -0.4 is 5.73 Å². The first-order chi connectivity index (χ1) is 6.52. The first-order valence-electron chi connectivity index (χ1n) is 5.26. The summed E-state index contributed by atoms with van der Waals surface area (Å²) in [6.07, 6.45) is 2.43. The zero-order valence-corrected chi connectivity index (χ0v) is 8.27. The SMILES string of the molecule is NC1(CC2CCCC2(F)F)CCOC1. The van der Waals surface area contributed by atoms with Gasteiger partial charge in [-0.05, 0) is 25.7 Å². The maximum atomic E-state index is 13.3. The van der Waals surface area contributed by atoms with Gasteiger partial charge >= 0.3 is 0 Å². The van der Waals surface area contributed by atoms with Gasteiger partial charge in [-0.3, -0.25) is 0 Å². The lowest BCUT2D eigenvalue weighted by atomic mass is 9.85. The number of ether oxygens (including phenoxy) is 1. The van der Waals surface area contributed by atoms with Crippen molar-refractivity contribution in [2.75, 3.05) is 13.2 Å². The molecule has 2 rings (SSSR count). The molecular weight excluding hydrogens is 188 g/mol. The highest BCUT2D eigenvalue weighted by Gasteiger charge is 2.47. The van der Waals surface area contributed by atoms with Crippen LogP contribution in [-0.4, -0.2) is 24.7 Å². The molecule has 0 radical (unpaired) electrons. The number of nitrogens with two attached hydrogens (primary N) is 1. The molecular formula is C10H17F2NO. The quantitative estimate of drug-likeness (QED) is 0.747. The van der Waals surface area contributed by atoms with Gasteiger partial charge in [0.15, 0.2) is 0 Å². The smallest absolute Gasteiger partial charge is 0.251 e. The molecule has 14 heavy (non-hydrogen) atoms. The molecule has 0 amide bonds. The molecule has 2 nitrogen and oxygen atoms in total. The number of alkyl halides is 2. The molecule has 2 fully saturated rings. The summed E-state index contributed by atoms with van der Waals surface area (Å²) in [5.74, 6) is -3.01. The second kappa shape index (κ2) is 3.42. The Kier molecular flexibility index (Phi) is 2.52. The Bertz CT molecular complexity index is 214. The van der Waals surface area contributed by atoms with E-state index in [2.05, 4.69) is 0 Å². The van der Waals surface area contributed by atoms with Gasteiger partial charge in [0.1, 0.15) is 0 Å². The first kappa shape index (κ1) is 10.3. The van der Waals surface area contributed by atoms with Gasteiger partial charge in [-0.2, -0.15) is 0 Å². The summed E-state index contributed by atoms with van der Waals surface area (Å²) in [4.78, 5) is 0. The highest BCUT2D eigenvalue weighted by molar-refractivity contribution is 4.95. The Labute approximate surface area is 82.8 Å². The fraction of sp³-hybridized carbons (Fsp3) is 1.00. The summed E-state index contributed by atoms with van der Waals surface area (Å²) in [6.45, 7) is 1.06. The molecule has 2 N–H and O–H groups in total. The Morgan fingerprint density at radius 3 is 2.64 bits per heavy atom. The van der Waals surface area contributed by atoms with E-state index in [1.54, 1.807) is 0 Å². The number of hydrogen-bond donors (Lipinski definition) is 1. The third-order valence-corrected chi connectivity index (χ3v) is 3.45. The summed E-state index contributed by atoms with van der Waals surface area (Å²) in [5, 5.41) is 0. The Hall–Kier alpha value is -0.220. The van der Waals surface area contributed by atoms with Crippen LogP contribution in [0.3, 0.4) is 0 Å². The molecule has 4 heteroatoms. The third-order valence-electron chi connectivity index (χ3n) is 3.45. The first-order valence-corrected chi connectivity index (χ1v) is 5.26. The van der Waals surface area contributed by atoms with E-state index < -0.39 is 17.4 Å². The largest absolute Gasteiger partial charge is 0.379 e. The molecule has 1 saturated heterocycles. The summed E-state index contributed by atoms with van der Waals surface area (Å²) in [6, 6.07) is 0. The summed E-state index contributed by atoms with van der Waals surface area (Å²) in [7, 11) is 0. The highest BCUT2D eigenvalue weighted by atomic mass is 19.3. The van der Waals surface area contributed by atoms with Crippen LogP contribution in [0.1, 0.15) is 32.1 Å². The predicted molar refractivity (Wildman–Crippen MR) is 49.3 cm³/mol. The standard InChI is InChI=1S/C10H17F2NO/c11-10(12)3-1-2-8(10)6-9(13)4-5-14-7-9/h8H,1-7,13H2. The van der Waals surface area contributed by atoms with Crippen molar-refractivity contribution in [2.45, 2.75) is 43.6 Å². The van der Waals surface area contributed by atoms with Gasteiger partial charge in [-0.15, -0.1) is 0 Å². The van der Waals surface area contributed by atoms with Gasteiger partial charge in [0.05, 0.1) is 6.61 Å². The fourth-order valence-electron chi connectivity index (χ4n) is 2.53. The maximum absolute atomic E-state index is 13.3. The summed E-state index contributed by atoms with van der Waals surface area (Å²) < 4.78 is 31.8. The molecule has 0 aromatic heterocycles. The maximum Gasteiger partial charge on any atom is 0.251 e. The minimum atomic E-state index is -2.49. The van der Waals surface area contributed by atoms with Crippen molar-refractivity contribution < 1.29 is 13.5 Å². The van der Waals surface area contributed by atoms with E-state index in [0.717, 1.165) is 6.42 Å². The minimum absolute atomic E-state index is 0.0363. The second-order valence-electron chi connectivity index (χ2n) is 4.72. The lowest BCUT2D eigenvalue weighted by molar-refractivity contribution is -0.0467. The van der Waals surface area contributed by atoms with Crippen molar-refractivity contribution >= 4 is 0 Å². The van der Waals surface area contributed by atoms with Crippen LogP contribution in [0.2, 0.25) is 0 Å². The van der Waals surface area contributed by atoms with Gasteiger partial charge in [0.2, 0.25) is 0 Å². The zero-order chi connectivity index (χ0) is 10.2. The van der Waals surface area contributed by atoms with Crippen molar-refractivity contribution in [1.29, 1.82) is 0 Å². The lowest BCUT2D eigenvalue weighted by Gasteiger charge is -2.28. The van der Waals surface area contributed by atoms with Crippen LogP contribution in [0.25, 0.3) is 0 Å². The Morgan fingerprint density at radius 1 is 1.36 bits per heavy atom. The molecule has 82 valence electrons. The van der Waals surface area contributed by atoms with Crippen molar-refractivity contribution in [2.24, 2.45) is 11.7 Å². The average Bonchev–Trinajstić information content (AvgIpc) is 2.61. The van der Waals surface area contributed by atoms with E-state index in [9.17, 15) is 8.78 Å². The van der Waals surface area contributed by atoms with Crippen LogP contribution >= 0.6 is 0 Å². The molecule has 0 bridgehead atoms. The minimum Gasteiger partial charge on any atom is -0.379 e. The normalized spacial score (nSPS) is 41.8. The molecule has 1 aliphatic heterocycles. The van der Waals surface area contributed by atoms with Crippen LogP contribution in [0.15, 0.2) is 0 Å². The van der Waals surface area contributed by atoms with E-state index in [1.165, 1.54) is 0 Å². The molecule has 1 aliphatic carbocycles. The van der Waals surface area contributed by atoms with Crippen LogP contribution in [0.4, 0.5) is 8.78 Å². The van der Waals surface area contributed by atoms with E-state index in [0.29, 0.717) is 32.5 Å². The third kappa shape index (κ3) is 1.91. The molecule has 2 atom stereocenters. The monoisotopic (exact) mass is 205 g/mol. The van der Waals surface area contributed by atoms with Crippen LogP contribution in [0, 0.1) is 5.92 Å². The molecule has 2 aliphatic rings. The number of rotatable bonds is 2. The van der Waals surface area contributed by atoms with Crippen LogP contribution in [-0.2, 0) is 4.74 Å². The predicted octanol–water partition coefficient (Wildman–Crippen LogP) is 1.93. The summed E-state index contributed by atoms with van der Waals surface area (Å²) >= 11 is 0. The van der Waals surface area contributed by atoms with Gasteiger partial charge in [-0.25, -0.2) is 8.78 Å². The zero-order valence-electron chi connectivity index (χ0n) is 8.27. The number of hydrogen-bond acceptors (Lipinski definition) is 2. The van der Waals surface area contributed by atoms with Gasteiger partial charge in [0.25, 0.3) is 5.92 Å². The van der Waals surface area contributed by atoms with Gasteiger partial charge < -0.3 is 10.5 Å². The second-order valence-corrected chi connectivity index (χ2v) is 4.72. The molecule has 0 aromatic rings. The molecule has 2 unspecified atom stereocenters. The Balaban J connectivity index is 1.96. The van der Waals surface area contributed by atoms with E-state index in [4.69, 9.17) is 10.5 Å². The average molecular weight is 205 g/mol. The fourth-order valence-corrected chi connectivity index (χ4v) is 2.53. The topological polar surface area (TPSA) is 35.2 Å². The molecule has 0 spiro atoms. The lowest BCUT2D eigenvalue weighted by Crippen LogP contribution is -2.44. The van der Waals surface area contributed by atoms with Gasteiger partial charge in [0, 0.05) is 24.5 Å². The number of halogens is 2. The van der Waals surface area contributed by atoms with Crippen LogP contribution in [0.5, 0.6) is 0 Å². The molecule has 1 heterocycles. The summed E-state index contributed by atoms with van der Waals surface area (Å²) in [5.41, 5.74) is 5.51. The van der Waals surface area contributed by atoms with E-state index >= 15 is 0 Å². The highest BCUT2D eigenvalue weighted by Crippen LogP contribution is 2.44. The van der Waals surface area contributed by atoms with Crippen molar-refractivity contribution in [3.05, 3.63) is 0 Å². The van der Waals surface area contributed by atoms with Gasteiger partial charge in [-0.1, -0.05) is 0 Å². The molecule has 0 aromatic carbocycles. The van der Waals surface area contributed by atoms with E-state index in [-0.39, 0.29) is 6.42 Å². The van der Waals surface area contributed by atoms with Crippen molar-refractivity contribution in [1.82, 2.24) is 0 Å². The van der Waals surface area contributed by atoms with E-state index in [1.807, 2.05) is 0 Å².